The molecule has 3 nitrogen and oxygen atoms in total. The molecule has 2 N–H and O–H groups in total. The van der Waals surface area contributed by atoms with E-state index >= 15 is 0 Å². The quantitative estimate of drug-likeness (QED) is 0.829. The topological polar surface area (TPSA) is 49.3 Å². The molecule has 1 aromatic rings. The van der Waals surface area contributed by atoms with Gasteiger partial charge in [0.25, 0.3) is 5.91 Å². The van der Waals surface area contributed by atoms with Crippen molar-refractivity contribution in [1.82, 2.24) is 5.32 Å². The Bertz CT molecular complexity index is 355. The number of amides is 1. The van der Waals surface area contributed by atoms with Crippen LogP contribution in [0, 0.1) is 0 Å². The van der Waals surface area contributed by atoms with Crippen molar-refractivity contribution in [3.8, 4) is 0 Å². The number of rotatable bonds is 4. The van der Waals surface area contributed by atoms with Crippen molar-refractivity contribution in [3.05, 3.63) is 32.7 Å². The molecule has 0 radical (unpaired) electrons. The van der Waals surface area contributed by atoms with Crippen LogP contribution < -0.4 is 5.32 Å². The van der Waals surface area contributed by atoms with Gasteiger partial charge in [-0.3, -0.25) is 4.79 Å². The Morgan fingerprint density at radius 3 is 2.80 bits per heavy atom. The molecule has 1 rings (SSSR count). The van der Waals surface area contributed by atoms with E-state index in [0.29, 0.717) is 18.5 Å². The molecule has 1 aromatic carbocycles. The molecule has 0 bridgehead atoms. The average Bonchev–Trinajstić information content (AvgIpc) is 2.22. The van der Waals surface area contributed by atoms with E-state index in [9.17, 15) is 4.79 Å². The van der Waals surface area contributed by atoms with Crippen LogP contribution in [0.3, 0.4) is 0 Å². The van der Waals surface area contributed by atoms with Crippen LogP contribution in [0.2, 0.25) is 0 Å². The van der Waals surface area contributed by atoms with Gasteiger partial charge in [-0.05, 0) is 40.5 Å². The molecule has 0 aliphatic carbocycles. The van der Waals surface area contributed by atoms with E-state index in [-0.39, 0.29) is 12.5 Å². The van der Waals surface area contributed by atoms with Gasteiger partial charge in [0.05, 0.1) is 5.56 Å². The van der Waals surface area contributed by atoms with E-state index in [1.54, 1.807) is 6.07 Å². The molecule has 5 heteroatoms. The van der Waals surface area contributed by atoms with E-state index < -0.39 is 0 Å². The summed E-state index contributed by atoms with van der Waals surface area (Å²) in [5.74, 6) is -0.142. The molecular formula is C10H11Br2NO2. The number of aliphatic hydroxyl groups is 1. The van der Waals surface area contributed by atoms with Gasteiger partial charge in [-0.1, -0.05) is 15.9 Å². The first-order valence-electron chi connectivity index (χ1n) is 4.49. The summed E-state index contributed by atoms with van der Waals surface area (Å²) in [7, 11) is 0. The maximum Gasteiger partial charge on any atom is 0.252 e. The van der Waals surface area contributed by atoms with Crippen molar-refractivity contribution in [2.45, 2.75) is 6.42 Å². The summed E-state index contributed by atoms with van der Waals surface area (Å²) in [6.07, 6.45) is 0.567. The molecule has 0 atom stereocenters. The first kappa shape index (κ1) is 12.7. The van der Waals surface area contributed by atoms with E-state index in [2.05, 4.69) is 37.2 Å². The van der Waals surface area contributed by atoms with Gasteiger partial charge in [-0.25, -0.2) is 0 Å². The fourth-order valence-electron chi connectivity index (χ4n) is 1.05. The number of aliphatic hydroxyl groups excluding tert-OH is 1. The second-order valence-corrected chi connectivity index (χ2v) is 4.73. The lowest BCUT2D eigenvalue weighted by molar-refractivity contribution is 0.0950. The van der Waals surface area contributed by atoms with Crippen molar-refractivity contribution in [2.24, 2.45) is 0 Å². The second-order valence-electron chi connectivity index (χ2n) is 2.96. The molecule has 82 valence electrons. The normalized spacial score (nSPS) is 10.1. The summed E-state index contributed by atoms with van der Waals surface area (Å²) in [6, 6.07) is 5.41. The summed E-state index contributed by atoms with van der Waals surface area (Å²) in [4.78, 5) is 11.6. The van der Waals surface area contributed by atoms with Gasteiger partial charge in [-0.2, -0.15) is 0 Å². The van der Waals surface area contributed by atoms with Crippen LogP contribution in [-0.2, 0) is 0 Å². The monoisotopic (exact) mass is 335 g/mol. The number of carbonyl (C=O) groups is 1. The fourth-order valence-corrected chi connectivity index (χ4v) is 1.84. The molecule has 1 amide bonds. The number of carbonyl (C=O) groups excluding carboxylic acids is 1. The lowest BCUT2D eigenvalue weighted by Gasteiger charge is -2.06. The van der Waals surface area contributed by atoms with Crippen LogP contribution in [0.5, 0.6) is 0 Å². The summed E-state index contributed by atoms with van der Waals surface area (Å²) in [5.41, 5.74) is 0.585. The van der Waals surface area contributed by atoms with Gasteiger partial charge in [0.2, 0.25) is 0 Å². The lowest BCUT2D eigenvalue weighted by atomic mass is 10.2. The smallest absolute Gasteiger partial charge is 0.252 e. The zero-order chi connectivity index (χ0) is 11.3. The highest BCUT2D eigenvalue weighted by Crippen LogP contribution is 2.21. The van der Waals surface area contributed by atoms with Gasteiger partial charge < -0.3 is 10.4 Å². The molecule has 0 aliphatic rings. The third-order valence-corrected chi connectivity index (χ3v) is 2.98. The zero-order valence-corrected chi connectivity index (χ0v) is 11.1. The SMILES string of the molecule is O=C(NCCCO)c1cc(Br)ccc1Br. The van der Waals surface area contributed by atoms with E-state index in [1.165, 1.54) is 0 Å². The van der Waals surface area contributed by atoms with Crippen LogP contribution in [0.15, 0.2) is 27.1 Å². The Kier molecular flexibility index (Phi) is 5.28. The van der Waals surface area contributed by atoms with Gasteiger partial charge in [0, 0.05) is 22.1 Å². The number of benzene rings is 1. The Hall–Kier alpha value is -0.390. The van der Waals surface area contributed by atoms with Gasteiger partial charge in [-0.15, -0.1) is 0 Å². The van der Waals surface area contributed by atoms with Crippen LogP contribution in [-0.4, -0.2) is 24.2 Å². The Morgan fingerprint density at radius 1 is 1.40 bits per heavy atom. The molecule has 0 aliphatic heterocycles. The Balaban J connectivity index is 2.68. The first-order chi connectivity index (χ1) is 7.15. The van der Waals surface area contributed by atoms with Crippen molar-refractivity contribution >= 4 is 37.8 Å². The molecule has 0 unspecified atom stereocenters. The van der Waals surface area contributed by atoms with E-state index in [0.717, 1.165) is 8.95 Å². The third-order valence-electron chi connectivity index (χ3n) is 1.79. The fraction of sp³-hybridized carbons (Fsp3) is 0.300. The minimum Gasteiger partial charge on any atom is -0.396 e. The molecule has 0 heterocycles. The highest BCUT2D eigenvalue weighted by atomic mass is 79.9. The summed E-state index contributed by atoms with van der Waals surface area (Å²) in [6.45, 7) is 0.564. The Labute approximate surface area is 105 Å². The molecule has 0 saturated carbocycles. The number of hydrogen-bond acceptors (Lipinski definition) is 2. The van der Waals surface area contributed by atoms with Gasteiger partial charge in [0.15, 0.2) is 0 Å². The Morgan fingerprint density at radius 2 is 2.13 bits per heavy atom. The van der Waals surface area contributed by atoms with E-state index in [4.69, 9.17) is 5.11 Å². The lowest BCUT2D eigenvalue weighted by Crippen LogP contribution is -2.25. The van der Waals surface area contributed by atoms with Gasteiger partial charge >= 0.3 is 0 Å². The zero-order valence-electron chi connectivity index (χ0n) is 7.96. The minimum absolute atomic E-state index is 0.0833. The van der Waals surface area contributed by atoms with E-state index in [1.807, 2.05) is 12.1 Å². The highest BCUT2D eigenvalue weighted by molar-refractivity contribution is 9.11. The molecule has 0 fully saturated rings. The van der Waals surface area contributed by atoms with Crippen LogP contribution in [0.1, 0.15) is 16.8 Å². The van der Waals surface area contributed by atoms with Crippen molar-refractivity contribution in [1.29, 1.82) is 0 Å². The third kappa shape index (κ3) is 3.93. The van der Waals surface area contributed by atoms with Crippen LogP contribution in [0.25, 0.3) is 0 Å². The number of hydrogen-bond donors (Lipinski definition) is 2. The average molecular weight is 337 g/mol. The summed E-state index contributed by atoms with van der Waals surface area (Å²) >= 11 is 6.61. The van der Waals surface area contributed by atoms with Crippen molar-refractivity contribution in [2.75, 3.05) is 13.2 Å². The second kappa shape index (κ2) is 6.25. The highest BCUT2D eigenvalue weighted by Gasteiger charge is 2.09. The largest absolute Gasteiger partial charge is 0.396 e. The predicted molar refractivity (Wildman–Crippen MR) is 65.9 cm³/mol. The molecule has 15 heavy (non-hydrogen) atoms. The maximum atomic E-state index is 11.6. The van der Waals surface area contributed by atoms with Crippen LogP contribution in [0.4, 0.5) is 0 Å². The summed E-state index contributed by atoms with van der Waals surface area (Å²) < 4.78 is 1.62. The van der Waals surface area contributed by atoms with Crippen molar-refractivity contribution in [3.63, 3.8) is 0 Å². The molecule has 0 saturated heterocycles. The molecule has 0 aromatic heterocycles. The maximum absolute atomic E-state index is 11.6. The summed E-state index contributed by atoms with van der Waals surface area (Å²) in [5, 5.41) is 11.3. The minimum atomic E-state index is -0.142. The van der Waals surface area contributed by atoms with Crippen molar-refractivity contribution < 1.29 is 9.90 Å². The van der Waals surface area contributed by atoms with Crippen LogP contribution >= 0.6 is 31.9 Å². The first-order valence-corrected chi connectivity index (χ1v) is 6.08. The number of halogens is 2. The molecule has 0 spiro atoms. The standard InChI is InChI=1S/C10H11Br2NO2/c11-7-2-3-9(12)8(6-7)10(15)13-4-1-5-14/h2-3,6,14H,1,4-5H2,(H,13,15). The van der Waals surface area contributed by atoms with Gasteiger partial charge in [0.1, 0.15) is 0 Å². The molecular weight excluding hydrogens is 326 g/mol. The predicted octanol–water partition coefficient (Wildman–Crippen LogP) is 2.32. The number of nitrogens with one attached hydrogen (secondary N) is 1.